The molecule has 1 aromatic rings. The van der Waals surface area contributed by atoms with Gasteiger partial charge in [-0.25, -0.2) is 0 Å². The molecule has 0 unspecified atom stereocenters. The summed E-state index contributed by atoms with van der Waals surface area (Å²) in [5.74, 6) is 0.989. The second kappa shape index (κ2) is 3.14. The molecule has 1 rings (SSSR count). The number of aromatic nitrogens is 2. The number of oxime groups is 1. The smallest absolute Gasteiger partial charge is 0.222 e. The zero-order chi connectivity index (χ0) is 8.27. The van der Waals surface area contributed by atoms with E-state index < -0.39 is 0 Å². The van der Waals surface area contributed by atoms with Crippen LogP contribution in [0.1, 0.15) is 18.7 Å². The van der Waals surface area contributed by atoms with Gasteiger partial charge in [-0.2, -0.15) is 0 Å². The second-order valence-corrected chi connectivity index (χ2v) is 2.23. The van der Waals surface area contributed by atoms with E-state index in [1.165, 1.54) is 0 Å². The van der Waals surface area contributed by atoms with Crippen molar-refractivity contribution in [3.05, 3.63) is 11.8 Å². The van der Waals surface area contributed by atoms with Crippen molar-refractivity contribution in [2.45, 2.75) is 20.3 Å². The standard InChI is InChI=1S/C6H9N3O2/c1-4(9-10)3-6-8-7-5(2)11-6/h10H,3H2,1-2H3/b9-4+. The van der Waals surface area contributed by atoms with Crippen LogP contribution < -0.4 is 0 Å². The van der Waals surface area contributed by atoms with E-state index in [1.807, 2.05) is 0 Å². The van der Waals surface area contributed by atoms with Crippen molar-refractivity contribution in [2.75, 3.05) is 0 Å². The first-order valence-corrected chi connectivity index (χ1v) is 3.19. The molecule has 0 fully saturated rings. The van der Waals surface area contributed by atoms with Gasteiger partial charge in [0, 0.05) is 6.92 Å². The Kier molecular flexibility index (Phi) is 2.20. The maximum Gasteiger partial charge on any atom is 0.222 e. The Morgan fingerprint density at radius 2 is 2.36 bits per heavy atom. The number of hydrogen-bond acceptors (Lipinski definition) is 5. The highest BCUT2D eigenvalue weighted by Gasteiger charge is 2.03. The average Bonchev–Trinajstić information content (AvgIpc) is 2.35. The molecule has 11 heavy (non-hydrogen) atoms. The molecule has 0 saturated heterocycles. The van der Waals surface area contributed by atoms with Crippen molar-refractivity contribution in [1.29, 1.82) is 0 Å². The summed E-state index contributed by atoms with van der Waals surface area (Å²) in [5.41, 5.74) is 0.550. The lowest BCUT2D eigenvalue weighted by molar-refractivity contribution is 0.317. The third-order valence-electron chi connectivity index (χ3n) is 1.15. The molecule has 1 N–H and O–H groups in total. The van der Waals surface area contributed by atoms with Crippen LogP contribution >= 0.6 is 0 Å². The molecule has 5 heteroatoms. The van der Waals surface area contributed by atoms with E-state index in [4.69, 9.17) is 9.62 Å². The van der Waals surface area contributed by atoms with Gasteiger partial charge in [0.05, 0.1) is 12.1 Å². The number of rotatable bonds is 2. The van der Waals surface area contributed by atoms with Crippen LogP contribution in [0.5, 0.6) is 0 Å². The van der Waals surface area contributed by atoms with Crippen LogP contribution in [0.4, 0.5) is 0 Å². The molecule has 0 saturated carbocycles. The Bertz CT molecular complexity index is 267. The predicted molar refractivity (Wildman–Crippen MR) is 37.6 cm³/mol. The quantitative estimate of drug-likeness (QED) is 0.389. The molecule has 0 atom stereocenters. The van der Waals surface area contributed by atoms with Crippen molar-refractivity contribution in [2.24, 2.45) is 5.16 Å². The Balaban J connectivity index is 2.65. The number of nitrogens with zero attached hydrogens (tertiary/aromatic N) is 3. The molecular weight excluding hydrogens is 146 g/mol. The van der Waals surface area contributed by atoms with E-state index in [9.17, 15) is 0 Å². The van der Waals surface area contributed by atoms with Crippen molar-refractivity contribution < 1.29 is 9.62 Å². The average molecular weight is 155 g/mol. The third-order valence-corrected chi connectivity index (χ3v) is 1.15. The molecule has 0 aliphatic carbocycles. The van der Waals surface area contributed by atoms with Gasteiger partial charge in [-0.15, -0.1) is 10.2 Å². The van der Waals surface area contributed by atoms with E-state index in [0.29, 0.717) is 23.9 Å². The van der Waals surface area contributed by atoms with E-state index in [-0.39, 0.29) is 0 Å². The molecule has 0 radical (unpaired) electrons. The molecule has 0 aliphatic heterocycles. The van der Waals surface area contributed by atoms with Crippen molar-refractivity contribution in [3.63, 3.8) is 0 Å². The summed E-state index contributed by atoms with van der Waals surface area (Å²) >= 11 is 0. The summed E-state index contributed by atoms with van der Waals surface area (Å²) in [4.78, 5) is 0. The monoisotopic (exact) mass is 155 g/mol. The zero-order valence-corrected chi connectivity index (χ0v) is 6.40. The minimum absolute atomic E-state index is 0.400. The molecule has 5 nitrogen and oxygen atoms in total. The first kappa shape index (κ1) is 7.71. The van der Waals surface area contributed by atoms with Crippen molar-refractivity contribution >= 4 is 5.71 Å². The Morgan fingerprint density at radius 1 is 1.64 bits per heavy atom. The summed E-state index contributed by atoms with van der Waals surface area (Å²) < 4.78 is 5.04. The van der Waals surface area contributed by atoms with E-state index in [0.717, 1.165) is 0 Å². The first-order chi connectivity index (χ1) is 5.22. The van der Waals surface area contributed by atoms with Gasteiger partial charge < -0.3 is 9.62 Å². The van der Waals surface area contributed by atoms with E-state index >= 15 is 0 Å². The van der Waals surface area contributed by atoms with Gasteiger partial charge in [-0.05, 0) is 6.92 Å². The minimum atomic E-state index is 0.400. The highest BCUT2D eigenvalue weighted by Crippen LogP contribution is 1.99. The van der Waals surface area contributed by atoms with Crippen LogP contribution in [0.2, 0.25) is 0 Å². The minimum Gasteiger partial charge on any atom is -0.425 e. The Morgan fingerprint density at radius 3 is 2.82 bits per heavy atom. The van der Waals surface area contributed by atoms with Gasteiger partial charge in [0.15, 0.2) is 0 Å². The lowest BCUT2D eigenvalue weighted by Crippen LogP contribution is -1.97. The first-order valence-electron chi connectivity index (χ1n) is 3.19. The zero-order valence-electron chi connectivity index (χ0n) is 6.40. The molecule has 0 aliphatic rings. The molecule has 0 amide bonds. The van der Waals surface area contributed by atoms with Gasteiger partial charge in [-0.3, -0.25) is 0 Å². The second-order valence-electron chi connectivity index (χ2n) is 2.23. The largest absolute Gasteiger partial charge is 0.425 e. The number of hydrogen-bond donors (Lipinski definition) is 1. The molecule has 1 aromatic heterocycles. The van der Waals surface area contributed by atoms with Gasteiger partial charge in [-0.1, -0.05) is 5.16 Å². The van der Waals surface area contributed by atoms with Gasteiger partial charge in [0.25, 0.3) is 0 Å². The summed E-state index contributed by atoms with van der Waals surface area (Å²) in [6.07, 6.45) is 0.400. The fraction of sp³-hybridized carbons (Fsp3) is 0.500. The lowest BCUT2D eigenvalue weighted by atomic mass is 10.3. The molecular formula is C6H9N3O2. The van der Waals surface area contributed by atoms with Crippen molar-refractivity contribution in [1.82, 2.24) is 10.2 Å². The van der Waals surface area contributed by atoms with Gasteiger partial charge in [0.1, 0.15) is 0 Å². The molecule has 0 bridgehead atoms. The molecule has 60 valence electrons. The summed E-state index contributed by atoms with van der Waals surface area (Å²) in [6, 6.07) is 0. The van der Waals surface area contributed by atoms with Crippen LogP contribution in [0, 0.1) is 6.92 Å². The Hall–Kier alpha value is -1.39. The van der Waals surface area contributed by atoms with Crippen LogP contribution in [0.15, 0.2) is 9.57 Å². The van der Waals surface area contributed by atoms with Crippen molar-refractivity contribution in [3.8, 4) is 0 Å². The fourth-order valence-corrected chi connectivity index (χ4v) is 0.663. The van der Waals surface area contributed by atoms with Crippen LogP contribution in [0.3, 0.4) is 0 Å². The highest BCUT2D eigenvalue weighted by molar-refractivity contribution is 5.82. The van der Waals surface area contributed by atoms with Crippen LogP contribution in [-0.2, 0) is 6.42 Å². The Labute approximate surface area is 63.7 Å². The predicted octanol–water partition coefficient (Wildman–Crippen LogP) is 0.771. The van der Waals surface area contributed by atoms with E-state index in [1.54, 1.807) is 13.8 Å². The number of aryl methyl sites for hydroxylation is 1. The van der Waals surface area contributed by atoms with Gasteiger partial charge in [0.2, 0.25) is 11.8 Å². The lowest BCUT2D eigenvalue weighted by Gasteiger charge is -1.89. The normalized spacial score (nSPS) is 12.0. The maximum atomic E-state index is 8.30. The molecule has 0 aromatic carbocycles. The third kappa shape index (κ3) is 2.03. The summed E-state index contributed by atoms with van der Waals surface area (Å²) in [6.45, 7) is 3.39. The van der Waals surface area contributed by atoms with E-state index in [2.05, 4.69) is 15.4 Å². The maximum absolute atomic E-state index is 8.30. The highest BCUT2D eigenvalue weighted by atomic mass is 16.4. The SMILES string of the molecule is C/C(Cc1nnc(C)o1)=N\O. The fourth-order valence-electron chi connectivity index (χ4n) is 0.663. The van der Waals surface area contributed by atoms with Gasteiger partial charge >= 0.3 is 0 Å². The molecule has 1 heterocycles. The van der Waals surface area contributed by atoms with Crippen LogP contribution in [-0.4, -0.2) is 21.1 Å². The van der Waals surface area contributed by atoms with Crippen LogP contribution in [0.25, 0.3) is 0 Å². The molecule has 0 spiro atoms. The summed E-state index contributed by atoms with van der Waals surface area (Å²) in [5, 5.41) is 18.6. The summed E-state index contributed by atoms with van der Waals surface area (Å²) in [7, 11) is 0. The topological polar surface area (TPSA) is 71.5 Å².